The third kappa shape index (κ3) is 10.4. The summed E-state index contributed by atoms with van der Waals surface area (Å²) in [6.07, 6.45) is 8.20. The van der Waals surface area contributed by atoms with E-state index in [-0.39, 0.29) is 23.6 Å². The van der Waals surface area contributed by atoms with Gasteiger partial charge in [0.15, 0.2) is 0 Å². The van der Waals surface area contributed by atoms with Crippen molar-refractivity contribution in [3.63, 3.8) is 0 Å². The Morgan fingerprint density at radius 2 is 0.912 bits per heavy atom. The SMILES string of the molecule is CC(=O)N1CCCN(C(=O)C=Cc2ccc(Sc3ccc(C=CC(=O)N4CCCN(C(C)=O)CC4)c(-c4ccccc4Br)c3Cl)c(Cl)c2-c2ccccc2Br)CC1. The fraction of sp³-hybridized carbons (Fsp3) is 0.273. The summed E-state index contributed by atoms with van der Waals surface area (Å²) in [6.45, 7) is 7.52. The maximum atomic E-state index is 13.4. The van der Waals surface area contributed by atoms with Crippen LogP contribution in [-0.2, 0) is 19.2 Å². The van der Waals surface area contributed by atoms with Crippen molar-refractivity contribution in [1.29, 1.82) is 0 Å². The molecule has 2 fully saturated rings. The summed E-state index contributed by atoms with van der Waals surface area (Å²) in [5, 5.41) is 1.00. The maximum absolute atomic E-state index is 13.4. The zero-order valence-electron chi connectivity index (χ0n) is 31.7. The van der Waals surface area contributed by atoms with Crippen LogP contribution in [0.15, 0.2) is 104 Å². The molecule has 0 N–H and O–H groups in total. The van der Waals surface area contributed by atoms with Crippen molar-refractivity contribution < 1.29 is 19.2 Å². The van der Waals surface area contributed by atoms with Gasteiger partial charge in [0.2, 0.25) is 23.6 Å². The topological polar surface area (TPSA) is 81.2 Å². The molecule has 296 valence electrons. The molecule has 0 saturated carbocycles. The molecule has 2 heterocycles. The van der Waals surface area contributed by atoms with E-state index in [9.17, 15) is 19.2 Å². The van der Waals surface area contributed by atoms with Crippen LogP contribution in [0.5, 0.6) is 0 Å². The normalized spacial score (nSPS) is 15.3. The maximum Gasteiger partial charge on any atom is 0.246 e. The van der Waals surface area contributed by atoms with E-state index in [2.05, 4.69) is 31.9 Å². The number of carbonyl (C=O) groups excluding carboxylic acids is 4. The molecule has 6 rings (SSSR count). The molecular formula is C44H42Br2Cl2N4O4S. The summed E-state index contributed by atoms with van der Waals surface area (Å²) >= 11 is 23.5. The van der Waals surface area contributed by atoms with Crippen LogP contribution in [0.1, 0.15) is 37.8 Å². The number of nitrogens with zero attached hydrogens (tertiary/aromatic N) is 4. The van der Waals surface area contributed by atoms with E-state index in [4.69, 9.17) is 23.2 Å². The Bertz CT molecular complexity index is 2090. The van der Waals surface area contributed by atoms with Gasteiger partial charge in [0.1, 0.15) is 0 Å². The summed E-state index contributed by atoms with van der Waals surface area (Å²) in [7, 11) is 0. The van der Waals surface area contributed by atoms with Crippen molar-refractivity contribution in [3.05, 3.63) is 115 Å². The lowest BCUT2D eigenvalue weighted by Crippen LogP contribution is -2.35. The third-order valence-electron chi connectivity index (χ3n) is 10.1. The van der Waals surface area contributed by atoms with Crippen LogP contribution in [0.3, 0.4) is 0 Å². The minimum Gasteiger partial charge on any atom is -0.341 e. The van der Waals surface area contributed by atoms with Crippen LogP contribution in [0.25, 0.3) is 34.4 Å². The Hall–Kier alpha value is -3.87. The van der Waals surface area contributed by atoms with Gasteiger partial charge >= 0.3 is 0 Å². The molecule has 4 aromatic rings. The summed E-state index contributed by atoms with van der Waals surface area (Å²) in [5.74, 6) is -0.213. The second-order valence-corrected chi connectivity index (χ2v) is 17.3. The Morgan fingerprint density at radius 1 is 0.544 bits per heavy atom. The van der Waals surface area contributed by atoms with E-state index in [1.165, 1.54) is 11.8 Å². The molecule has 0 unspecified atom stereocenters. The molecule has 0 radical (unpaired) electrons. The zero-order chi connectivity index (χ0) is 40.6. The van der Waals surface area contributed by atoms with Crippen LogP contribution in [0.4, 0.5) is 0 Å². The molecule has 0 bridgehead atoms. The van der Waals surface area contributed by atoms with Crippen LogP contribution in [-0.4, -0.2) is 95.6 Å². The molecule has 4 amide bonds. The number of rotatable bonds is 8. The van der Waals surface area contributed by atoms with Gasteiger partial charge < -0.3 is 19.6 Å². The minimum atomic E-state index is -0.124. The highest BCUT2D eigenvalue weighted by molar-refractivity contribution is 9.11. The minimum absolute atomic E-state index is 0.0174. The van der Waals surface area contributed by atoms with E-state index < -0.39 is 0 Å². The first-order chi connectivity index (χ1) is 27.4. The van der Waals surface area contributed by atoms with Crippen molar-refractivity contribution >= 4 is 103 Å². The lowest BCUT2D eigenvalue weighted by atomic mass is 9.99. The molecule has 8 nitrogen and oxygen atoms in total. The number of halogens is 4. The van der Waals surface area contributed by atoms with Gasteiger partial charge in [-0.1, -0.05) is 115 Å². The van der Waals surface area contributed by atoms with Gasteiger partial charge in [-0.15, -0.1) is 0 Å². The summed E-state index contributed by atoms with van der Waals surface area (Å²) in [6, 6.07) is 23.4. The fourth-order valence-electron chi connectivity index (χ4n) is 7.01. The van der Waals surface area contributed by atoms with Crippen LogP contribution >= 0.6 is 66.8 Å². The van der Waals surface area contributed by atoms with Gasteiger partial charge in [-0.05, 0) is 71.5 Å². The molecule has 0 aliphatic carbocycles. The van der Waals surface area contributed by atoms with Crippen molar-refractivity contribution in [2.75, 3.05) is 52.4 Å². The first-order valence-corrected chi connectivity index (χ1v) is 21.9. The second kappa shape index (κ2) is 19.7. The van der Waals surface area contributed by atoms with Gasteiger partial charge in [-0.2, -0.15) is 0 Å². The highest BCUT2D eigenvalue weighted by Crippen LogP contribution is 2.48. The van der Waals surface area contributed by atoms with Gasteiger partial charge in [0, 0.05) is 108 Å². The molecule has 2 saturated heterocycles. The molecule has 2 aliphatic rings. The van der Waals surface area contributed by atoms with Crippen molar-refractivity contribution in [2.45, 2.75) is 36.5 Å². The van der Waals surface area contributed by atoms with E-state index in [0.29, 0.717) is 62.4 Å². The fourth-order valence-corrected chi connectivity index (χ4v) is 9.65. The van der Waals surface area contributed by atoms with Crippen molar-refractivity contribution in [2.24, 2.45) is 0 Å². The second-order valence-electron chi connectivity index (χ2n) is 13.8. The van der Waals surface area contributed by atoms with E-state index in [1.807, 2.05) is 72.8 Å². The first kappa shape index (κ1) is 42.7. The number of benzene rings is 4. The summed E-state index contributed by atoms with van der Waals surface area (Å²) in [4.78, 5) is 59.3. The third-order valence-corrected chi connectivity index (χ3v) is 13.6. The summed E-state index contributed by atoms with van der Waals surface area (Å²) in [5.41, 5.74) is 4.80. The molecule has 0 spiro atoms. The Morgan fingerprint density at radius 3 is 1.30 bits per heavy atom. The highest BCUT2D eigenvalue weighted by Gasteiger charge is 2.23. The average Bonchev–Trinajstić information content (AvgIpc) is 3.61. The monoisotopic (exact) mass is 950 g/mol. The highest BCUT2D eigenvalue weighted by atomic mass is 79.9. The molecular weight excluding hydrogens is 911 g/mol. The van der Waals surface area contributed by atoms with Crippen LogP contribution in [0.2, 0.25) is 10.0 Å². The van der Waals surface area contributed by atoms with Gasteiger partial charge in [0.05, 0.1) is 10.0 Å². The molecule has 4 aromatic carbocycles. The van der Waals surface area contributed by atoms with Crippen LogP contribution in [0, 0.1) is 0 Å². The Balaban J connectivity index is 1.32. The molecule has 0 atom stereocenters. The Labute approximate surface area is 365 Å². The van der Waals surface area contributed by atoms with Gasteiger partial charge in [-0.3, -0.25) is 19.2 Å². The lowest BCUT2D eigenvalue weighted by Gasteiger charge is -2.20. The number of hydrogen-bond donors (Lipinski definition) is 0. The quantitative estimate of drug-likeness (QED) is 0.164. The predicted octanol–water partition coefficient (Wildman–Crippen LogP) is 10.2. The standard InChI is InChI=1S/C44H42Br2Cl2N4O4S/c1-29(53)49-21-7-23-51(27-25-49)39(55)19-15-31-13-17-37(43(47)41(31)33-9-3-5-11-35(33)45)57-38-18-14-32(42(44(38)48)34-10-4-6-12-36(34)46)16-20-40(56)52-24-8-22-50(26-28-52)30(2)54/h3-6,9-20H,7-8,21-28H2,1-2H3. The Kier molecular flexibility index (Phi) is 14.8. The average molecular weight is 954 g/mol. The number of carbonyl (C=O) groups is 4. The molecule has 57 heavy (non-hydrogen) atoms. The van der Waals surface area contributed by atoms with Gasteiger partial charge in [0.25, 0.3) is 0 Å². The predicted molar refractivity (Wildman–Crippen MR) is 238 cm³/mol. The molecule has 2 aliphatic heterocycles. The van der Waals surface area contributed by atoms with E-state index in [0.717, 1.165) is 65.0 Å². The molecule has 13 heteroatoms. The zero-order valence-corrected chi connectivity index (χ0v) is 37.2. The number of amides is 4. The van der Waals surface area contributed by atoms with Gasteiger partial charge in [-0.25, -0.2) is 0 Å². The van der Waals surface area contributed by atoms with Crippen molar-refractivity contribution in [3.8, 4) is 22.3 Å². The number of hydrogen-bond acceptors (Lipinski definition) is 5. The van der Waals surface area contributed by atoms with Crippen LogP contribution < -0.4 is 0 Å². The van der Waals surface area contributed by atoms with Crippen molar-refractivity contribution in [1.82, 2.24) is 19.6 Å². The molecule has 0 aromatic heterocycles. The lowest BCUT2D eigenvalue weighted by molar-refractivity contribution is -0.130. The van der Waals surface area contributed by atoms with E-state index >= 15 is 0 Å². The van der Waals surface area contributed by atoms with E-state index in [1.54, 1.807) is 57.8 Å². The smallest absolute Gasteiger partial charge is 0.246 e. The first-order valence-electron chi connectivity index (χ1n) is 18.7. The largest absolute Gasteiger partial charge is 0.341 e. The summed E-state index contributed by atoms with van der Waals surface area (Å²) < 4.78 is 1.70.